The molecule has 0 radical (unpaired) electrons. The lowest BCUT2D eigenvalue weighted by molar-refractivity contribution is -0.120. The van der Waals surface area contributed by atoms with Gasteiger partial charge in [-0.2, -0.15) is 5.10 Å². The van der Waals surface area contributed by atoms with Gasteiger partial charge in [-0.05, 0) is 65.8 Å². The fraction of sp³-hybridized carbons (Fsp3) is 0.395. The maximum atomic E-state index is 14.0. The number of methoxy groups -OCH3 is 3. The van der Waals surface area contributed by atoms with Gasteiger partial charge in [0.25, 0.3) is 0 Å². The normalized spacial score (nSPS) is 14.8. The van der Waals surface area contributed by atoms with Crippen molar-refractivity contribution < 1.29 is 23.8 Å². The molecule has 5 rings (SSSR count). The first-order valence-electron chi connectivity index (χ1n) is 16.9. The summed E-state index contributed by atoms with van der Waals surface area (Å²) < 4.78 is 17.2. The number of hydrogen-bond donors (Lipinski definition) is 4. The summed E-state index contributed by atoms with van der Waals surface area (Å²) in [6, 6.07) is 13.1. The number of fused-ring (bicyclic) bond motifs is 3. The Labute approximate surface area is 292 Å². The Morgan fingerprint density at radius 2 is 1.76 bits per heavy atom. The van der Waals surface area contributed by atoms with Crippen LogP contribution in [0.2, 0.25) is 0 Å². The second-order valence-electron chi connectivity index (χ2n) is 12.9. The van der Waals surface area contributed by atoms with Crippen molar-refractivity contribution in [2.45, 2.75) is 71.9 Å². The number of nitrogens with one attached hydrogen (secondary N) is 4. The lowest BCUT2D eigenvalue weighted by atomic mass is 9.95. The maximum absolute atomic E-state index is 14.0. The zero-order valence-electron chi connectivity index (χ0n) is 29.9. The molecule has 0 saturated carbocycles. The van der Waals surface area contributed by atoms with Crippen LogP contribution in [0.3, 0.4) is 0 Å². The lowest BCUT2D eigenvalue weighted by Crippen LogP contribution is -2.40. The lowest BCUT2D eigenvalue weighted by Gasteiger charge is -2.24. The number of benzene rings is 2. The van der Waals surface area contributed by atoms with Gasteiger partial charge in [-0.25, -0.2) is 4.98 Å². The summed E-state index contributed by atoms with van der Waals surface area (Å²) in [5.74, 6) is 2.28. The number of carbonyl (C=O) groups excluding carboxylic acids is 2. The molecule has 3 unspecified atom stereocenters. The molecule has 0 bridgehead atoms. The van der Waals surface area contributed by atoms with Crippen molar-refractivity contribution in [2.24, 2.45) is 5.92 Å². The number of H-pyrrole nitrogens is 1. The van der Waals surface area contributed by atoms with Crippen LogP contribution in [-0.4, -0.2) is 54.4 Å². The highest BCUT2D eigenvalue weighted by Gasteiger charge is 2.30. The second kappa shape index (κ2) is 15.4. The number of aryl methyl sites for hydroxylation is 1. The minimum atomic E-state index is -0.744. The zero-order chi connectivity index (χ0) is 36.1. The van der Waals surface area contributed by atoms with E-state index in [1.54, 1.807) is 39.5 Å². The Morgan fingerprint density at radius 1 is 1.00 bits per heavy atom. The maximum Gasteiger partial charge on any atom is 0.247 e. The van der Waals surface area contributed by atoms with Gasteiger partial charge in [0.2, 0.25) is 23.0 Å². The fourth-order valence-corrected chi connectivity index (χ4v) is 6.31. The minimum absolute atomic E-state index is 0.132. The van der Waals surface area contributed by atoms with Crippen molar-refractivity contribution in [1.82, 2.24) is 20.5 Å². The van der Waals surface area contributed by atoms with Crippen molar-refractivity contribution in [3.63, 3.8) is 0 Å². The molecule has 0 fully saturated rings. The van der Waals surface area contributed by atoms with Gasteiger partial charge in [0.1, 0.15) is 11.9 Å². The highest BCUT2D eigenvalue weighted by Crippen LogP contribution is 2.50. The monoisotopic (exact) mass is 682 g/mol. The Bertz CT molecular complexity index is 1940. The summed E-state index contributed by atoms with van der Waals surface area (Å²) in [5, 5.41) is 16.6. The van der Waals surface area contributed by atoms with Gasteiger partial charge in [-0.1, -0.05) is 52.3 Å². The molecule has 1 heterocycles. The second-order valence-corrected chi connectivity index (χ2v) is 12.9. The molecule has 50 heavy (non-hydrogen) atoms. The standard InChI is InChI=1S/C38H46N6O6/c1-9-21(4)33(38(47)40-25-12-10-11-24(17-25)37-42-36(20(2)3)43-44-37)41-29-16-14-26-27(19-30(29)46)28(39-22(5)45)15-13-23-18-31(48-6)34(49-7)35(50-8)32(23)26/h10-12,14,16-21,28,33H,9,13,15H2,1-8H3,(H,39,45)(H,40,47)(H,41,46)(H,42,43,44). The Hall–Kier alpha value is -5.39. The van der Waals surface area contributed by atoms with Gasteiger partial charge in [-0.3, -0.25) is 19.5 Å². The predicted octanol–water partition coefficient (Wildman–Crippen LogP) is 6.24. The molecule has 3 atom stereocenters. The van der Waals surface area contributed by atoms with Crippen molar-refractivity contribution >= 4 is 23.2 Å². The van der Waals surface area contributed by atoms with E-state index in [1.165, 1.54) is 6.92 Å². The third kappa shape index (κ3) is 7.44. The van der Waals surface area contributed by atoms with Gasteiger partial charge >= 0.3 is 0 Å². The molecular weight excluding hydrogens is 636 g/mol. The molecule has 3 aromatic carbocycles. The molecular formula is C38H46N6O6. The first-order chi connectivity index (χ1) is 24.0. The molecule has 1 aliphatic rings. The third-order valence-electron chi connectivity index (χ3n) is 9.16. The quantitative estimate of drug-likeness (QED) is 0.136. The average molecular weight is 683 g/mol. The van der Waals surface area contributed by atoms with Crippen LogP contribution in [0.1, 0.15) is 76.4 Å². The van der Waals surface area contributed by atoms with Crippen LogP contribution in [-0.2, 0) is 16.0 Å². The first-order valence-corrected chi connectivity index (χ1v) is 16.9. The number of carbonyl (C=O) groups is 2. The first kappa shape index (κ1) is 35.9. The molecule has 0 spiro atoms. The number of aromatic amines is 1. The molecule has 1 aliphatic carbocycles. The van der Waals surface area contributed by atoms with Crippen LogP contribution < -0.4 is 35.6 Å². The summed E-state index contributed by atoms with van der Waals surface area (Å²) >= 11 is 0. The van der Waals surface area contributed by atoms with Crippen molar-refractivity contribution in [3.8, 4) is 39.8 Å². The van der Waals surface area contributed by atoms with Gasteiger partial charge in [0.05, 0.1) is 33.1 Å². The summed E-state index contributed by atoms with van der Waals surface area (Å²) in [6.07, 6.45) is 1.80. The smallest absolute Gasteiger partial charge is 0.247 e. The molecule has 2 amide bonds. The van der Waals surface area contributed by atoms with E-state index in [0.717, 1.165) is 22.5 Å². The largest absolute Gasteiger partial charge is 0.493 e. The molecule has 0 saturated heterocycles. The highest BCUT2D eigenvalue weighted by molar-refractivity contribution is 5.97. The number of anilines is 2. The summed E-state index contributed by atoms with van der Waals surface area (Å²) in [5.41, 5.74) is 4.27. The number of amides is 2. The van der Waals surface area contributed by atoms with Crippen molar-refractivity contribution in [1.29, 1.82) is 0 Å². The Morgan fingerprint density at radius 3 is 2.40 bits per heavy atom. The van der Waals surface area contributed by atoms with Crippen LogP contribution in [0.4, 0.5) is 11.4 Å². The summed E-state index contributed by atoms with van der Waals surface area (Å²) in [6.45, 7) is 9.48. The predicted molar refractivity (Wildman–Crippen MR) is 194 cm³/mol. The zero-order valence-corrected chi connectivity index (χ0v) is 29.9. The van der Waals surface area contributed by atoms with E-state index in [0.29, 0.717) is 59.1 Å². The van der Waals surface area contributed by atoms with E-state index in [4.69, 9.17) is 14.2 Å². The number of hydrogen-bond acceptors (Lipinski definition) is 9. The number of ether oxygens (including phenoxy) is 3. The van der Waals surface area contributed by atoms with Crippen LogP contribution >= 0.6 is 0 Å². The molecule has 4 aromatic rings. The van der Waals surface area contributed by atoms with Crippen molar-refractivity contribution in [2.75, 3.05) is 32.0 Å². The van der Waals surface area contributed by atoms with Gasteiger partial charge in [-0.15, -0.1) is 0 Å². The average Bonchev–Trinajstić information content (AvgIpc) is 3.49. The minimum Gasteiger partial charge on any atom is -0.493 e. The number of nitrogens with zero attached hydrogens (tertiary/aromatic N) is 2. The van der Waals surface area contributed by atoms with Gasteiger partial charge < -0.3 is 30.2 Å². The van der Waals surface area contributed by atoms with E-state index in [9.17, 15) is 14.4 Å². The SMILES string of the molecule is CCC(C)C(Nc1ccc2c(cc1=O)C(NC(C)=O)CCc1cc(OC)c(OC)c(OC)c1-2)C(=O)Nc1cccc(-c2n[nH]c(C(C)C)n2)c1. The van der Waals surface area contributed by atoms with E-state index in [2.05, 4.69) is 31.1 Å². The number of aromatic nitrogens is 3. The Kier molecular flexibility index (Phi) is 11.1. The van der Waals surface area contributed by atoms with E-state index >= 15 is 0 Å². The van der Waals surface area contributed by atoms with E-state index in [1.807, 2.05) is 58.0 Å². The van der Waals surface area contributed by atoms with Crippen molar-refractivity contribution in [3.05, 3.63) is 75.7 Å². The van der Waals surface area contributed by atoms with E-state index in [-0.39, 0.29) is 34.8 Å². The molecule has 4 N–H and O–H groups in total. The van der Waals surface area contributed by atoms with Crippen LogP contribution in [0.5, 0.6) is 17.2 Å². The Balaban J connectivity index is 1.54. The van der Waals surface area contributed by atoms with Gasteiger partial charge in [0.15, 0.2) is 17.3 Å². The molecule has 12 nitrogen and oxygen atoms in total. The third-order valence-corrected chi connectivity index (χ3v) is 9.16. The molecule has 1 aromatic heterocycles. The fourth-order valence-electron chi connectivity index (χ4n) is 6.31. The van der Waals surface area contributed by atoms with Crippen LogP contribution in [0.25, 0.3) is 22.5 Å². The summed E-state index contributed by atoms with van der Waals surface area (Å²) in [7, 11) is 4.66. The van der Waals surface area contributed by atoms with Crippen LogP contribution in [0.15, 0.2) is 53.3 Å². The van der Waals surface area contributed by atoms with E-state index < -0.39 is 12.1 Å². The van der Waals surface area contributed by atoms with Crippen LogP contribution in [0, 0.1) is 5.92 Å². The number of rotatable bonds is 12. The molecule has 0 aliphatic heterocycles. The molecule has 264 valence electrons. The summed E-state index contributed by atoms with van der Waals surface area (Å²) in [4.78, 5) is 44.8. The molecule has 12 heteroatoms. The van der Waals surface area contributed by atoms with Gasteiger partial charge in [0, 0.05) is 29.7 Å². The topological polar surface area (TPSA) is 157 Å². The highest BCUT2D eigenvalue weighted by atomic mass is 16.5.